The molecule has 0 spiro atoms. The number of anilines is 2. The van der Waals surface area contributed by atoms with Gasteiger partial charge in [-0.05, 0) is 48.9 Å². The fourth-order valence-electron chi connectivity index (χ4n) is 4.53. The Morgan fingerprint density at radius 2 is 1.82 bits per heavy atom. The molecule has 0 atom stereocenters. The smallest absolute Gasteiger partial charge is 0.305 e. The summed E-state index contributed by atoms with van der Waals surface area (Å²) in [5.74, 6) is -1.28. The van der Waals surface area contributed by atoms with Gasteiger partial charge in [-0.25, -0.2) is 9.37 Å². The zero-order valence-corrected chi connectivity index (χ0v) is 22.1. The summed E-state index contributed by atoms with van der Waals surface area (Å²) in [6.07, 6.45) is 2.93. The number of thiocarbonyl (C=S) groups is 1. The highest BCUT2D eigenvalue weighted by molar-refractivity contribution is 8.26. The average molecular weight is 554 g/mol. The first-order chi connectivity index (χ1) is 18.2. The number of rotatable bonds is 6. The Morgan fingerprint density at radius 3 is 2.50 bits per heavy atom. The molecule has 3 aromatic rings. The van der Waals surface area contributed by atoms with E-state index in [9.17, 15) is 18.8 Å². The molecule has 1 aromatic carbocycles. The molecule has 0 unspecified atom stereocenters. The van der Waals surface area contributed by atoms with Gasteiger partial charge in [-0.2, -0.15) is 0 Å². The number of amides is 1. The van der Waals surface area contributed by atoms with Crippen molar-refractivity contribution in [1.29, 1.82) is 0 Å². The van der Waals surface area contributed by atoms with Gasteiger partial charge in [0.05, 0.1) is 16.9 Å². The second-order valence-electron chi connectivity index (χ2n) is 8.97. The summed E-state index contributed by atoms with van der Waals surface area (Å²) in [5.41, 5.74) is 2.23. The van der Waals surface area contributed by atoms with Crippen LogP contribution in [0.15, 0.2) is 52.3 Å². The van der Waals surface area contributed by atoms with Crippen LogP contribution in [0.25, 0.3) is 11.7 Å². The van der Waals surface area contributed by atoms with E-state index in [4.69, 9.17) is 22.3 Å². The van der Waals surface area contributed by atoms with Crippen LogP contribution in [0.4, 0.5) is 15.9 Å². The van der Waals surface area contributed by atoms with Crippen LogP contribution < -0.4 is 15.4 Å². The van der Waals surface area contributed by atoms with Crippen LogP contribution in [0.5, 0.6) is 0 Å². The van der Waals surface area contributed by atoms with Gasteiger partial charge in [-0.1, -0.05) is 30.0 Å². The van der Waals surface area contributed by atoms with E-state index in [0.29, 0.717) is 37.6 Å². The van der Waals surface area contributed by atoms with E-state index in [0.717, 1.165) is 23.0 Å². The number of carboxylic acids is 1. The predicted molar refractivity (Wildman–Crippen MR) is 149 cm³/mol. The van der Waals surface area contributed by atoms with Crippen LogP contribution in [0.3, 0.4) is 0 Å². The topological polar surface area (TPSA) is 98.5 Å². The normalized spacial score (nSPS) is 17.2. The molecule has 4 heterocycles. The minimum absolute atomic E-state index is 0.0380. The van der Waals surface area contributed by atoms with E-state index in [1.807, 2.05) is 17.9 Å². The zero-order chi connectivity index (χ0) is 27.0. The van der Waals surface area contributed by atoms with Crippen molar-refractivity contribution in [1.82, 2.24) is 14.3 Å². The third-order valence-corrected chi connectivity index (χ3v) is 7.91. The van der Waals surface area contributed by atoms with Gasteiger partial charge in [0.2, 0.25) is 0 Å². The third kappa shape index (κ3) is 5.01. The number of benzene rings is 1. The van der Waals surface area contributed by atoms with Gasteiger partial charge in [0.25, 0.3) is 11.5 Å². The minimum atomic E-state index is -1.03. The maximum Gasteiger partial charge on any atom is 0.305 e. The summed E-state index contributed by atoms with van der Waals surface area (Å²) in [6.45, 7) is 4.24. The number of hydrogen-bond donors (Lipinski definition) is 1. The average Bonchev–Trinajstić information content (AvgIpc) is 3.17. The maximum absolute atomic E-state index is 13.7. The number of aromatic nitrogens is 2. The Kier molecular flexibility index (Phi) is 7.17. The number of carbonyl (C=O) groups excluding carboxylic acids is 1. The molecule has 5 rings (SSSR count). The van der Waals surface area contributed by atoms with Crippen molar-refractivity contribution in [2.75, 3.05) is 42.5 Å². The first kappa shape index (κ1) is 25.9. The second kappa shape index (κ2) is 10.5. The molecule has 0 saturated carbocycles. The van der Waals surface area contributed by atoms with Crippen molar-refractivity contribution in [3.05, 3.63) is 74.8 Å². The van der Waals surface area contributed by atoms with Crippen molar-refractivity contribution >= 4 is 63.4 Å². The second-order valence-corrected chi connectivity index (χ2v) is 10.6. The molecular weight excluding hydrogens is 529 g/mol. The number of pyridine rings is 1. The zero-order valence-electron chi connectivity index (χ0n) is 20.5. The Morgan fingerprint density at radius 1 is 1.13 bits per heavy atom. The molecule has 0 bridgehead atoms. The highest BCUT2D eigenvalue weighted by Gasteiger charge is 2.33. The monoisotopic (exact) mass is 553 g/mol. The van der Waals surface area contributed by atoms with E-state index in [-0.39, 0.29) is 39.1 Å². The molecule has 0 aliphatic carbocycles. The summed E-state index contributed by atoms with van der Waals surface area (Å²) in [6, 6.07) is 9.99. The number of aliphatic carboxylic acids is 1. The predicted octanol–water partition coefficient (Wildman–Crippen LogP) is 3.14. The highest BCUT2D eigenvalue weighted by Crippen LogP contribution is 2.34. The molecule has 9 nitrogen and oxygen atoms in total. The lowest BCUT2D eigenvalue weighted by atomic mass is 10.2. The van der Waals surface area contributed by atoms with Crippen LogP contribution in [-0.2, 0) is 9.59 Å². The van der Waals surface area contributed by atoms with Gasteiger partial charge < -0.3 is 14.9 Å². The number of aryl methyl sites for hydroxylation is 1. The standard InChI is InChI=1S/C26H24FN5O4S2/c1-16-3-2-9-31-22(16)28-23(30-13-11-29(12-14-30)18-6-4-17(27)5-7-18)19(24(31)35)15-20-25(36)32(26(37)38-20)10-8-21(33)34/h2-7,9,15H,8,10-14H2,1H3,(H,33,34)/b20-15-. The number of halogens is 1. The summed E-state index contributed by atoms with van der Waals surface area (Å²) in [4.78, 5) is 48.3. The number of carbonyl (C=O) groups is 2. The van der Waals surface area contributed by atoms with Crippen LogP contribution in [-0.4, -0.2) is 68.3 Å². The van der Waals surface area contributed by atoms with Crippen LogP contribution >= 0.6 is 24.0 Å². The fraction of sp³-hybridized carbons (Fsp3) is 0.269. The number of fused-ring (bicyclic) bond motifs is 1. The molecule has 2 aliphatic rings. The first-order valence-electron chi connectivity index (χ1n) is 12.0. The molecule has 2 aromatic heterocycles. The van der Waals surface area contributed by atoms with Crippen molar-refractivity contribution in [3.63, 3.8) is 0 Å². The Bertz CT molecular complexity index is 1530. The molecule has 38 heavy (non-hydrogen) atoms. The third-order valence-electron chi connectivity index (χ3n) is 6.53. The number of thioether (sulfide) groups is 1. The van der Waals surface area contributed by atoms with Crippen molar-refractivity contribution < 1.29 is 19.1 Å². The summed E-state index contributed by atoms with van der Waals surface area (Å²) < 4.78 is 15.1. The minimum Gasteiger partial charge on any atom is -0.481 e. The molecule has 2 aliphatic heterocycles. The van der Waals surface area contributed by atoms with Gasteiger partial charge in [0.1, 0.15) is 21.6 Å². The number of carboxylic acid groups (broad SMARTS) is 1. The van der Waals surface area contributed by atoms with Gasteiger partial charge in [0, 0.05) is 44.6 Å². The lowest BCUT2D eigenvalue weighted by Crippen LogP contribution is -2.47. The van der Waals surface area contributed by atoms with E-state index in [1.165, 1.54) is 27.5 Å². The van der Waals surface area contributed by atoms with Crippen LogP contribution in [0.2, 0.25) is 0 Å². The molecule has 1 amide bonds. The Balaban J connectivity index is 1.51. The Hall–Kier alpha value is -3.77. The highest BCUT2D eigenvalue weighted by atomic mass is 32.2. The number of piperazine rings is 1. The van der Waals surface area contributed by atoms with E-state index in [2.05, 4.69) is 4.90 Å². The molecule has 196 valence electrons. The van der Waals surface area contributed by atoms with Gasteiger partial charge in [0.15, 0.2) is 0 Å². The van der Waals surface area contributed by atoms with Gasteiger partial charge >= 0.3 is 5.97 Å². The fourth-order valence-corrected chi connectivity index (χ4v) is 5.82. The SMILES string of the molecule is Cc1cccn2c(=O)c(/C=C3\SC(=S)N(CCC(=O)O)C3=O)c(N3CCN(c4ccc(F)cc4)CC3)nc12. The Labute approximate surface area is 227 Å². The summed E-state index contributed by atoms with van der Waals surface area (Å²) in [5, 5.41) is 9.01. The lowest BCUT2D eigenvalue weighted by molar-refractivity contribution is -0.137. The number of nitrogens with zero attached hydrogens (tertiary/aromatic N) is 5. The van der Waals surface area contributed by atoms with Gasteiger partial charge in [-0.3, -0.25) is 23.7 Å². The van der Waals surface area contributed by atoms with Crippen LogP contribution in [0.1, 0.15) is 17.5 Å². The molecule has 2 fully saturated rings. The quantitative estimate of drug-likeness (QED) is 0.365. The molecule has 2 saturated heterocycles. The van der Waals surface area contributed by atoms with E-state index < -0.39 is 11.9 Å². The van der Waals surface area contributed by atoms with Crippen LogP contribution in [0, 0.1) is 12.7 Å². The molecule has 0 radical (unpaired) electrons. The maximum atomic E-state index is 13.7. The summed E-state index contributed by atoms with van der Waals surface area (Å²) >= 11 is 6.35. The molecule has 1 N–H and O–H groups in total. The largest absolute Gasteiger partial charge is 0.481 e. The summed E-state index contributed by atoms with van der Waals surface area (Å²) in [7, 11) is 0. The van der Waals surface area contributed by atoms with Crippen molar-refractivity contribution in [2.24, 2.45) is 0 Å². The lowest BCUT2D eigenvalue weighted by Gasteiger charge is -2.37. The molecular formula is C26H24FN5O4S2. The van der Waals surface area contributed by atoms with Crippen molar-refractivity contribution in [3.8, 4) is 0 Å². The number of hydrogen-bond acceptors (Lipinski definition) is 8. The molecule has 12 heteroatoms. The van der Waals surface area contributed by atoms with E-state index >= 15 is 0 Å². The van der Waals surface area contributed by atoms with E-state index in [1.54, 1.807) is 24.4 Å². The van der Waals surface area contributed by atoms with Crippen molar-refractivity contribution in [2.45, 2.75) is 13.3 Å². The first-order valence-corrected chi connectivity index (χ1v) is 13.2. The van der Waals surface area contributed by atoms with Gasteiger partial charge in [-0.15, -0.1) is 0 Å².